The average molecular weight is 339 g/mol. The average Bonchev–Trinajstić information content (AvgIpc) is 2.65. The maximum Gasteiger partial charge on any atom is 0.312 e. The van der Waals surface area contributed by atoms with Crippen molar-refractivity contribution in [2.24, 2.45) is 11.7 Å². The van der Waals surface area contributed by atoms with E-state index in [4.69, 9.17) is 5.73 Å². The fraction of sp³-hybridized carbons (Fsp3) is 0.316. The van der Waals surface area contributed by atoms with E-state index in [1.54, 1.807) is 4.90 Å². The predicted octanol–water partition coefficient (Wildman–Crippen LogP) is 1.93. The van der Waals surface area contributed by atoms with Crippen molar-refractivity contribution in [1.82, 2.24) is 10.2 Å². The second-order valence-electron chi connectivity index (χ2n) is 6.29. The maximum atomic E-state index is 13.0. The monoisotopic (exact) mass is 339 g/mol. The molecular formula is C19H21N3O3. The van der Waals surface area contributed by atoms with Crippen LogP contribution in [-0.2, 0) is 4.79 Å². The molecule has 1 saturated heterocycles. The Morgan fingerprint density at radius 3 is 2.68 bits per heavy atom. The van der Waals surface area contributed by atoms with Crippen LogP contribution in [0.4, 0.5) is 4.79 Å². The number of primary amides is 1. The van der Waals surface area contributed by atoms with Crippen molar-refractivity contribution in [3.05, 3.63) is 48.0 Å². The van der Waals surface area contributed by atoms with Gasteiger partial charge in [0.25, 0.3) is 0 Å². The van der Waals surface area contributed by atoms with Crippen LogP contribution in [0.15, 0.2) is 42.5 Å². The highest BCUT2D eigenvalue weighted by atomic mass is 16.2. The van der Waals surface area contributed by atoms with Gasteiger partial charge in [-0.15, -0.1) is 0 Å². The van der Waals surface area contributed by atoms with Gasteiger partial charge in [-0.25, -0.2) is 4.79 Å². The van der Waals surface area contributed by atoms with E-state index < -0.39 is 6.03 Å². The number of benzene rings is 2. The largest absolute Gasteiger partial charge is 0.352 e. The number of nitrogens with two attached hydrogens (primary N) is 1. The molecule has 2 aromatic carbocycles. The van der Waals surface area contributed by atoms with Gasteiger partial charge in [-0.2, -0.15) is 0 Å². The predicted molar refractivity (Wildman–Crippen MR) is 95.2 cm³/mol. The van der Waals surface area contributed by atoms with Crippen molar-refractivity contribution >= 4 is 28.5 Å². The van der Waals surface area contributed by atoms with Crippen molar-refractivity contribution in [3.8, 4) is 0 Å². The Balaban J connectivity index is 1.75. The fourth-order valence-electron chi connectivity index (χ4n) is 3.35. The number of ketones is 1. The lowest BCUT2D eigenvalue weighted by Gasteiger charge is -2.32. The molecule has 1 aliphatic rings. The zero-order chi connectivity index (χ0) is 17.8. The van der Waals surface area contributed by atoms with Gasteiger partial charge in [0.1, 0.15) is 0 Å². The van der Waals surface area contributed by atoms with Crippen LogP contribution < -0.4 is 11.1 Å². The highest BCUT2D eigenvalue weighted by Crippen LogP contribution is 2.25. The van der Waals surface area contributed by atoms with Gasteiger partial charge in [0.2, 0.25) is 5.91 Å². The van der Waals surface area contributed by atoms with Gasteiger partial charge in [0, 0.05) is 24.6 Å². The minimum Gasteiger partial charge on any atom is -0.352 e. The molecule has 0 radical (unpaired) electrons. The molecule has 0 bridgehead atoms. The number of rotatable bonds is 4. The highest BCUT2D eigenvalue weighted by molar-refractivity contribution is 6.09. The van der Waals surface area contributed by atoms with E-state index in [0.717, 1.165) is 23.6 Å². The molecule has 1 aliphatic heterocycles. The number of Topliss-reactive ketones (excluding diaryl/α,β-unsaturated/α-hetero) is 1. The Bertz CT molecular complexity index is 813. The number of nitrogens with one attached hydrogen (secondary N) is 1. The number of piperidine rings is 1. The summed E-state index contributed by atoms with van der Waals surface area (Å²) in [5.74, 6) is -0.372. The number of carbonyl (C=O) groups is 3. The van der Waals surface area contributed by atoms with Gasteiger partial charge in [0.15, 0.2) is 5.78 Å². The SMILES string of the molecule is NC(=O)NCC(=O)N1CCC[C@H](C(=O)c2cccc3ccccc23)C1. The summed E-state index contributed by atoms with van der Waals surface area (Å²) in [5.41, 5.74) is 5.70. The van der Waals surface area contributed by atoms with Gasteiger partial charge in [-0.1, -0.05) is 42.5 Å². The van der Waals surface area contributed by atoms with Crippen molar-refractivity contribution < 1.29 is 14.4 Å². The smallest absolute Gasteiger partial charge is 0.312 e. The number of hydrogen-bond acceptors (Lipinski definition) is 3. The molecular weight excluding hydrogens is 318 g/mol. The van der Waals surface area contributed by atoms with Crippen molar-refractivity contribution in [1.29, 1.82) is 0 Å². The van der Waals surface area contributed by atoms with Crippen molar-refractivity contribution in [2.75, 3.05) is 19.6 Å². The minimum atomic E-state index is -0.728. The van der Waals surface area contributed by atoms with E-state index in [1.165, 1.54) is 0 Å². The standard InChI is InChI=1S/C19H21N3O3/c20-19(25)21-11-17(23)22-10-4-7-14(12-22)18(24)16-9-3-6-13-5-1-2-8-15(13)16/h1-3,5-6,8-9,14H,4,7,10-12H2,(H3,20,21,25)/t14-/m0/s1. The molecule has 3 N–H and O–H groups in total. The molecule has 2 aromatic rings. The second kappa shape index (κ2) is 7.34. The normalized spacial score (nSPS) is 17.3. The molecule has 1 fully saturated rings. The van der Waals surface area contributed by atoms with Crippen LogP contribution in [0.2, 0.25) is 0 Å². The van der Waals surface area contributed by atoms with Gasteiger partial charge in [-0.05, 0) is 23.6 Å². The number of nitrogens with zero attached hydrogens (tertiary/aromatic N) is 1. The van der Waals surface area contributed by atoms with E-state index in [0.29, 0.717) is 18.7 Å². The number of likely N-dealkylation sites (tertiary alicyclic amines) is 1. The summed E-state index contributed by atoms with van der Waals surface area (Å²) in [4.78, 5) is 37.6. The lowest BCUT2D eigenvalue weighted by Crippen LogP contribution is -2.47. The Hall–Kier alpha value is -2.89. The zero-order valence-electron chi connectivity index (χ0n) is 13.9. The van der Waals surface area contributed by atoms with Crippen LogP contribution in [0.1, 0.15) is 23.2 Å². The molecule has 130 valence electrons. The Kier molecular flexibility index (Phi) is 4.97. The molecule has 0 spiro atoms. The summed E-state index contributed by atoms with van der Waals surface area (Å²) >= 11 is 0. The van der Waals surface area contributed by atoms with Gasteiger partial charge < -0.3 is 16.0 Å². The first-order valence-electron chi connectivity index (χ1n) is 8.39. The number of amides is 3. The molecule has 0 unspecified atom stereocenters. The molecule has 1 heterocycles. The summed E-state index contributed by atoms with van der Waals surface area (Å²) in [7, 11) is 0. The third kappa shape index (κ3) is 3.79. The van der Waals surface area contributed by atoms with Crippen LogP contribution in [0, 0.1) is 5.92 Å². The topological polar surface area (TPSA) is 92.5 Å². The lowest BCUT2D eigenvalue weighted by atomic mass is 9.88. The third-order valence-corrected chi connectivity index (χ3v) is 4.61. The van der Waals surface area contributed by atoms with Gasteiger partial charge >= 0.3 is 6.03 Å². The first-order chi connectivity index (χ1) is 12.1. The quantitative estimate of drug-likeness (QED) is 0.834. The van der Waals surface area contributed by atoms with Crippen molar-refractivity contribution in [3.63, 3.8) is 0 Å². The van der Waals surface area contributed by atoms with E-state index in [9.17, 15) is 14.4 Å². The van der Waals surface area contributed by atoms with Gasteiger partial charge in [-0.3, -0.25) is 9.59 Å². The van der Waals surface area contributed by atoms with Crippen LogP contribution in [0.5, 0.6) is 0 Å². The Morgan fingerprint density at radius 1 is 1.12 bits per heavy atom. The number of fused-ring (bicyclic) bond motifs is 1. The maximum absolute atomic E-state index is 13.0. The number of carbonyl (C=O) groups excluding carboxylic acids is 3. The van der Waals surface area contributed by atoms with Crippen molar-refractivity contribution in [2.45, 2.75) is 12.8 Å². The molecule has 0 aliphatic carbocycles. The molecule has 0 saturated carbocycles. The molecule has 25 heavy (non-hydrogen) atoms. The Labute approximate surface area is 146 Å². The third-order valence-electron chi connectivity index (χ3n) is 4.61. The summed E-state index contributed by atoms with van der Waals surface area (Å²) in [5, 5.41) is 4.27. The Morgan fingerprint density at radius 2 is 1.88 bits per heavy atom. The van der Waals surface area contributed by atoms with E-state index in [-0.39, 0.29) is 24.2 Å². The molecule has 6 nitrogen and oxygen atoms in total. The van der Waals surface area contributed by atoms with Crippen LogP contribution in [0.3, 0.4) is 0 Å². The lowest BCUT2D eigenvalue weighted by molar-refractivity contribution is -0.131. The highest BCUT2D eigenvalue weighted by Gasteiger charge is 2.29. The summed E-state index contributed by atoms with van der Waals surface area (Å²) in [6.07, 6.45) is 1.53. The second-order valence-corrected chi connectivity index (χ2v) is 6.29. The van der Waals surface area contributed by atoms with E-state index >= 15 is 0 Å². The van der Waals surface area contributed by atoms with E-state index in [2.05, 4.69) is 5.32 Å². The van der Waals surface area contributed by atoms with Crippen LogP contribution in [-0.4, -0.2) is 42.3 Å². The molecule has 3 amide bonds. The van der Waals surface area contributed by atoms with Crippen LogP contribution in [0.25, 0.3) is 10.8 Å². The number of urea groups is 1. The molecule has 3 rings (SSSR count). The van der Waals surface area contributed by atoms with Gasteiger partial charge in [0.05, 0.1) is 6.54 Å². The first-order valence-corrected chi connectivity index (χ1v) is 8.39. The summed E-state index contributed by atoms with van der Waals surface area (Å²) < 4.78 is 0. The molecule has 0 aromatic heterocycles. The zero-order valence-corrected chi connectivity index (χ0v) is 13.9. The van der Waals surface area contributed by atoms with E-state index in [1.807, 2.05) is 42.5 Å². The minimum absolute atomic E-state index is 0.0668. The van der Waals surface area contributed by atoms with Crippen LogP contribution >= 0.6 is 0 Å². The first kappa shape index (κ1) is 17.0. The summed E-state index contributed by atoms with van der Waals surface area (Å²) in [6, 6.07) is 12.8. The molecule has 6 heteroatoms. The summed E-state index contributed by atoms with van der Waals surface area (Å²) in [6.45, 7) is 0.838. The number of hydrogen-bond donors (Lipinski definition) is 2. The fourth-order valence-corrected chi connectivity index (χ4v) is 3.35. The molecule has 1 atom stereocenters.